The van der Waals surface area contributed by atoms with Gasteiger partial charge >= 0.3 is 0 Å². The van der Waals surface area contributed by atoms with Crippen molar-refractivity contribution in [3.63, 3.8) is 0 Å². The number of aliphatic hydroxyl groups is 1. The Morgan fingerprint density at radius 1 is 1.41 bits per heavy atom. The second-order valence-corrected chi connectivity index (χ2v) is 6.15. The molecular formula is C13H21NO2S. The molecular weight excluding hydrogens is 234 g/mol. The van der Waals surface area contributed by atoms with Gasteiger partial charge in [0.2, 0.25) is 0 Å². The highest BCUT2D eigenvalue weighted by Crippen LogP contribution is 2.23. The first-order chi connectivity index (χ1) is 8.15. The third-order valence-electron chi connectivity index (χ3n) is 3.03. The topological polar surface area (TPSA) is 45.4 Å². The van der Waals surface area contributed by atoms with E-state index in [0.717, 1.165) is 23.8 Å². The quantitative estimate of drug-likeness (QED) is 0.786. The molecule has 4 heteroatoms. The number of hydrogen-bond acceptors (Lipinski definition) is 4. The molecule has 1 fully saturated rings. The molecule has 1 aliphatic carbocycles. The Morgan fingerprint density at radius 2 is 2.12 bits per heavy atom. The van der Waals surface area contributed by atoms with Crippen molar-refractivity contribution in [2.45, 2.75) is 56.4 Å². The maximum atomic E-state index is 9.39. The third kappa shape index (κ3) is 4.37. The Balaban J connectivity index is 1.73. The highest BCUT2D eigenvalue weighted by Gasteiger charge is 2.20. The molecule has 2 atom stereocenters. The van der Waals surface area contributed by atoms with Crippen LogP contribution in [-0.4, -0.2) is 22.5 Å². The van der Waals surface area contributed by atoms with Crippen LogP contribution in [0.2, 0.25) is 0 Å². The second kappa shape index (κ2) is 5.94. The summed E-state index contributed by atoms with van der Waals surface area (Å²) in [4.78, 5) is 0. The fourth-order valence-electron chi connectivity index (χ4n) is 1.48. The van der Waals surface area contributed by atoms with Crippen molar-refractivity contribution in [1.82, 2.24) is 5.32 Å². The third-order valence-corrected chi connectivity index (χ3v) is 4.40. The maximum absolute atomic E-state index is 9.39. The van der Waals surface area contributed by atoms with Gasteiger partial charge in [-0.1, -0.05) is 6.92 Å². The first-order valence-electron chi connectivity index (χ1n) is 6.26. The molecule has 1 saturated carbocycles. The Bertz CT molecular complexity index is 347. The maximum Gasteiger partial charge on any atom is 0.118 e. The normalized spacial score (nSPS) is 19.2. The number of aliphatic hydroxyl groups excluding tert-OH is 1. The van der Waals surface area contributed by atoms with E-state index in [2.05, 4.69) is 5.32 Å². The van der Waals surface area contributed by atoms with Crippen LogP contribution >= 0.6 is 11.8 Å². The summed E-state index contributed by atoms with van der Waals surface area (Å²) >= 11 is 1.72. The molecule has 0 bridgehead atoms. The van der Waals surface area contributed by atoms with Crippen LogP contribution in [0.1, 0.15) is 38.2 Å². The summed E-state index contributed by atoms with van der Waals surface area (Å²) in [5.74, 6) is 2.84. The minimum Gasteiger partial charge on any atom is -0.464 e. The van der Waals surface area contributed by atoms with Crippen LogP contribution in [0.25, 0.3) is 0 Å². The van der Waals surface area contributed by atoms with Crippen LogP contribution in [0.4, 0.5) is 0 Å². The lowest BCUT2D eigenvalue weighted by molar-refractivity contribution is 0.196. The van der Waals surface area contributed by atoms with Gasteiger partial charge in [-0.15, -0.1) is 11.8 Å². The molecule has 1 aromatic rings. The molecule has 3 nitrogen and oxygen atoms in total. The average Bonchev–Trinajstić information content (AvgIpc) is 3.02. The molecule has 2 N–H and O–H groups in total. The molecule has 0 radical (unpaired) electrons. The number of furan rings is 1. The molecule has 0 spiro atoms. The van der Waals surface area contributed by atoms with Gasteiger partial charge in [-0.05, 0) is 31.9 Å². The van der Waals surface area contributed by atoms with E-state index in [1.807, 2.05) is 26.0 Å². The minimum absolute atomic E-state index is 0.244. The average molecular weight is 255 g/mol. The van der Waals surface area contributed by atoms with Gasteiger partial charge in [-0.3, -0.25) is 0 Å². The molecule has 1 aromatic heterocycles. The van der Waals surface area contributed by atoms with Gasteiger partial charge in [-0.25, -0.2) is 0 Å². The molecule has 0 aliphatic heterocycles. The van der Waals surface area contributed by atoms with Crippen LogP contribution in [0.15, 0.2) is 16.5 Å². The van der Waals surface area contributed by atoms with Crippen LogP contribution in [0.3, 0.4) is 0 Å². The van der Waals surface area contributed by atoms with E-state index in [1.54, 1.807) is 11.8 Å². The Hall–Kier alpha value is -0.450. The van der Waals surface area contributed by atoms with Gasteiger partial charge in [-0.2, -0.15) is 0 Å². The predicted octanol–water partition coefficient (Wildman–Crippen LogP) is 2.53. The van der Waals surface area contributed by atoms with Crippen molar-refractivity contribution in [2.24, 2.45) is 0 Å². The van der Waals surface area contributed by atoms with Gasteiger partial charge in [0.25, 0.3) is 0 Å². The minimum atomic E-state index is -0.272. The van der Waals surface area contributed by atoms with E-state index >= 15 is 0 Å². The van der Waals surface area contributed by atoms with Gasteiger partial charge in [0.15, 0.2) is 0 Å². The molecule has 0 saturated heterocycles. The van der Waals surface area contributed by atoms with Gasteiger partial charge < -0.3 is 14.8 Å². The zero-order valence-corrected chi connectivity index (χ0v) is 11.3. The van der Waals surface area contributed by atoms with E-state index in [1.165, 1.54) is 12.8 Å². The van der Waals surface area contributed by atoms with Crippen molar-refractivity contribution in [1.29, 1.82) is 0 Å². The molecule has 1 aliphatic rings. The molecule has 0 aromatic carbocycles. The summed E-state index contributed by atoms with van der Waals surface area (Å²) in [5.41, 5.74) is 0. The van der Waals surface area contributed by atoms with Gasteiger partial charge in [0, 0.05) is 11.3 Å². The van der Waals surface area contributed by atoms with Gasteiger partial charge in [0.05, 0.1) is 18.4 Å². The van der Waals surface area contributed by atoms with Crippen LogP contribution in [-0.2, 0) is 12.3 Å². The van der Waals surface area contributed by atoms with Crippen molar-refractivity contribution >= 4 is 11.8 Å². The summed E-state index contributed by atoms with van der Waals surface area (Å²) in [5, 5.41) is 13.1. The first kappa shape index (κ1) is 13.0. The highest BCUT2D eigenvalue weighted by atomic mass is 32.2. The summed E-state index contributed by atoms with van der Waals surface area (Å²) in [6, 6.07) is 4.79. The molecule has 0 amide bonds. The molecule has 2 rings (SSSR count). The van der Waals surface area contributed by atoms with E-state index in [9.17, 15) is 5.11 Å². The largest absolute Gasteiger partial charge is 0.464 e. The summed E-state index contributed by atoms with van der Waals surface area (Å²) in [7, 11) is 0. The van der Waals surface area contributed by atoms with Gasteiger partial charge in [0.1, 0.15) is 11.5 Å². The Kier molecular flexibility index (Phi) is 4.54. The van der Waals surface area contributed by atoms with E-state index < -0.39 is 0 Å². The van der Waals surface area contributed by atoms with Crippen molar-refractivity contribution in [3.8, 4) is 0 Å². The Labute approximate surface area is 107 Å². The number of hydrogen-bond donors (Lipinski definition) is 2. The fourth-order valence-corrected chi connectivity index (χ4v) is 2.34. The van der Waals surface area contributed by atoms with Crippen molar-refractivity contribution < 1.29 is 9.52 Å². The first-order valence-corrected chi connectivity index (χ1v) is 7.30. The Morgan fingerprint density at radius 3 is 2.76 bits per heavy atom. The lowest BCUT2D eigenvalue weighted by atomic mass is 10.3. The fraction of sp³-hybridized carbons (Fsp3) is 0.692. The molecule has 17 heavy (non-hydrogen) atoms. The molecule has 96 valence electrons. The van der Waals surface area contributed by atoms with Crippen molar-refractivity contribution in [2.75, 3.05) is 0 Å². The lowest BCUT2D eigenvalue weighted by Crippen LogP contribution is -2.15. The van der Waals surface area contributed by atoms with Crippen LogP contribution in [0.5, 0.6) is 0 Å². The number of rotatable bonds is 7. The van der Waals surface area contributed by atoms with E-state index in [4.69, 9.17) is 4.42 Å². The summed E-state index contributed by atoms with van der Waals surface area (Å²) in [6.07, 6.45) is 2.33. The second-order valence-electron chi connectivity index (χ2n) is 4.78. The predicted molar refractivity (Wildman–Crippen MR) is 71.0 cm³/mol. The molecule has 1 heterocycles. The summed E-state index contributed by atoms with van der Waals surface area (Å²) < 4.78 is 5.73. The number of nitrogens with one attached hydrogen (secondary N) is 1. The standard InChI is InChI=1S/C13H21NO2S/c1-9(15)10(2)17-8-13-6-5-12(16-13)7-14-11-3-4-11/h5-6,9-11,14-15H,3-4,7-8H2,1-2H3. The number of thioether (sulfide) groups is 1. The lowest BCUT2D eigenvalue weighted by Gasteiger charge is -2.12. The van der Waals surface area contributed by atoms with Crippen LogP contribution < -0.4 is 5.32 Å². The SMILES string of the molecule is CC(O)C(C)SCc1ccc(CNC2CC2)o1. The summed E-state index contributed by atoms with van der Waals surface area (Å²) in [6.45, 7) is 4.69. The van der Waals surface area contributed by atoms with Crippen molar-refractivity contribution in [3.05, 3.63) is 23.7 Å². The smallest absolute Gasteiger partial charge is 0.118 e. The van der Waals surface area contributed by atoms with Crippen LogP contribution in [0, 0.1) is 0 Å². The monoisotopic (exact) mass is 255 g/mol. The molecule has 2 unspecified atom stereocenters. The van der Waals surface area contributed by atoms with E-state index in [0.29, 0.717) is 6.04 Å². The zero-order chi connectivity index (χ0) is 12.3. The zero-order valence-electron chi connectivity index (χ0n) is 10.5. The highest BCUT2D eigenvalue weighted by molar-refractivity contribution is 7.99. The van der Waals surface area contributed by atoms with E-state index in [-0.39, 0.29) is 11.4 Å².